The lowest BCUT2D eigenvalue weighted by molar-refractivity contribution is -0.122. The van der Waals surface area contributed by atoms with E-state index in [0.717, 1.165) is 49.2 Å². The Labute approximate surface area is 134 Å². The smallest absolute Gasteiger partial charge is 0.323 e. The van der Waals surface area contributed by atoms with Gasteiger partial charge in [-0.05, 0) is 44.3 Å². The summed E-state index contributed by atoms with van der Waals surface area (Å²) in [4.78, 5) is 33.3. The summed E-state index contributed by atoms with van der Waals surface area (Å²) in [6, 6.07) is 5.64. The van der Waals surface area contributed by atoms with Gasteiger partial charge in [0.1, 0.15) is 0 Å². The highest BCUT2D eigenvalue weighted by Gasteiger charge is 2.14. The predicted molar refractivity (Wildman–Crippen MR) is 89.3 cm³/mol. The maximum Gasteiger partial charge on any atom is 0.323 e. The topological polar surface area (TPSA) is 84.2 Å². The molecular formula is C16H23N5O2. The molecule has 124 valence electrons. The van der Waals surface area contributed by atoms with E-state index in [9.17, 15) is 9.59 Å². The van der Waals surface area contributed by atoms with Gasteiger partial charge in [-0.15, -0.1) is 0 Å². The molecule has 0 bridgehead atoms. The maximum absolute atomic E-state index is 12.1. The SMILES string of the molecule is CN1CCCN(CC(=O)NCc2ccc3[nH]c(=O)[nH]c3c2)CC1. The van der Waals surface area contributed by atoms with Crippen molar-refractivity contribution in [1.29, 1.82) is 0 Å². The normalized spacial score (nSPS) is 17.3. The van der Waals surface area contributed by atoms with Gasteiger partial charge in [0, 0.05) is 19.6 Å². The monoisotopic (exact) mass is 317 g/mol. The number of rotatable bonds is 4. The number of fused-ring (bicyclic) bond motifs is 1. The fraction of sp³-hybridized carbons (Fsp3) is 0.500. The molecule has 0 aliphatic carbocycles. The van der Waals surface area contributed by atoms with Crippen LogP contribution < -0.4 is 11.0 Å². The van der Waals surface area contributed by atoms with E-state index in [4.69, 9.17) is 0 Å². The second kappa shape index (κ2) is 6.97. The zero-order valence-corrected chi connectivity index (χ0v) is 13.4. The van der Waals surface area contributed by atoms with E-state index in [-0.39, 0.29) is 11.6 Å². The minimum absolute atomic E-state index is 0.0391. The summed E-state index contributed by atoms with van der Waals surface area (Å²) < 4.78 is 0. The Morgan fingerprint density at radius 2 is 2.00 bits per heavy atom. The van der Waals surface area contributed by atoms with Crippen LogP contribution in [0.2, 0.25) is 0 Å². The first-order chi connectivity index (χ1) is 11.1. The molecule has 0 saturated carbocycles. The van der Waals surface area contributed by atoms with Crippen LogP contribution in [0.4, 0.5) is 0 Å². The first kappa shape index (κ1) is 15.8. The number of nitrogens with one attached hydrogen (secondary N) is 3. The Morgan fingerprint density at radius 3 is 2.87 bits per heavy atom. The largest absolute Gasteiger partial charge is 0.351 e. The number of benzene rings is 1. The Kier molecular flexibility index (Phi) is 4.78. The van der Waals surface area contributed by atoms with Crippen LogP contribution >= 0.6 is 0 Å². The number of aromatic amines is 2. The van der Waals surface area contributed by atoms with Crippen molar-refractivity contribution in [3.63, 3.8) is 0 Å². The third-order valence-corrected chi connectivity index (χ3v) is 4.25. The van der Waals surface area contributed by atoms with E-state index in [0.29, 0.717) is 13.1 Å². The highest BCUT2D eigenvalue weighted by atomic mass is 16.2. The van der Waals surface area contributed by atoms with Gasteiger partial charge in [-0.1, -0.05) is 6.07 Å². The lowest BCUT2D eigenvalue weighted by atomic mass is 10.2. The number of carbonyl (C=O) groups is 1. The molecular weight excluding hydrogens is 294 g/mol. The molecule has 1 fully saturated rings. The molecule has 0 unspecified atom stereocenters. The standard InChI is InChI=1S/C16H23N5O2/c1-20-5-2-6-21(8-7-20)11-15(22)17-10-12-3-4-13-14(9-12)19-16(23)18-13/h3-4,9H,2,5-8,10-11H2,1H3,(H,17,22)(H2,18,19,23). The first-order valence-corrected chi connectivity index (χ1v) is 7.99. The molecule has 0 radical (unpaired) electrons. The summed E-state index contributed by atoms with van der Waals surface area (Å²) >= 11 is 0. The summed E-state index contributed by atoms with van der Waals surface area (Å²) in [5, 5.41) is 2.95. The lowest BCUT2D eigenvalue weighted by Gasteiger charge is -2.19. The number of hydrogen-bond acceptors (Lipinski definition) is 4. The number of likely N-dealkylation sites (N-methyl/N-ethyl adjacent to an activating group) is 1. The molecule has 23 heavy (non-hydrogen) atoms. The zero-order chi connectivity index (χ0) is 16.2. The van der Waals surface area contributed by atoms with Crippen LogP contribution in [0.15, 0.2) is 23.0 Å². The van der Waals surface area contributed by atoms with Crippen LogP contribution in [-0.2, 0) is 11.3 Å². The average Bonchev–Trinajstić information content (AvgIpc) is 2.77. The highest BCUT2D eigenvalue weighted by molar-refractivity contribution is 5.78. The molecule has 3 N–H and O–H groups in total. The van der Waals surface area contributed by atoms with Crippen molar-refractivity contribution in [1.82, 2.24) is 25.1 Å². The zero-order valence-electron chi connectivity index (χ0n) is 13.4. The highest BCUT2D eigenvalue weighted by Crippen LogP contribution is 2.10. The quantitative estimate of drug-likeness (QED) is 0.747. The van der Waals surface area contributed by atoms with Crippen molar-refractivity contribution >= 4 is 16.9 Å². The fourth-order valence-electron chi connectivity index (χ4n) is 2.91. The fourth-order valence-corrected chi connectivity index (χ4v) is 2.91. The van der Waals surface area contributed by atoms with Crippen LogP contribution in [0.5, 0.6) is 0 Å². The van der Waals surface area contributed by atoms with Gasteiger partial charge in [0.15, 0.2) is 0 Å². The van der Waals surface area contributed by atoms with Gasteiger partial charge in [-0.3, -0.25) is 9.69 Å². The van der Waals surface area contributed by atoms with E-state index in [1.807, 2.05) is 18.2 Å². The summed E-state index contributed by atoms with van der Waals surface area (Å²) in [5.41, 5.74) is 2.29. The third-order valence-electron chi connectivity index (χ3n) is 4.25. The number of H-pyrrole nitrogens is 2. The van der Waals surface area contributed by atoms with Crippen molar-refractivity contribution in [2.75, 3.05) is 39.8 Å². The molecule has 1 aliphatic heterocycles. The Morgan fingerprint density at radius 1 is 1.17 bits per heavy atom. The molecule has 1 aromatic carbocycles. The van der Waals surface area contributed by atoms with Crippen LogP contribution in [0, 0.1) is 0 Å². The first-order valence-electron chi connectivity index (χ1n) is 7.99. The van der Waals surface area contributed by atoms with Crippen LogP contribution in [0.1, 0.15) is 12.0 Å². The number of nitrogens with zero attached hydrogens (tertiary/aromatic N) is 2. The third kappa shape index (κ3) is 4.20. The van der Waals surface area contributed by atoms with E-state index in [1.165, 1.54) is 0 Å². The van der Waals surface area contributed by atoms with E-state index >= 15 is 0 Å². The number of aromatic nitrogens is 2. The van der Waals surface area contributed by atoms with E-state index < -0.39 is 0 Å². The summed E-state index contributed by atoms with van der Waals surface area (Å²) in [6.45, 7) is 4.90. The molecule has 7 nitrogen and oxygen atoms in total. The van der Waals surface area contributed by atoms with Gasteiger partial charge < -0.3 is 20.2 Å². The molecule has 0 atom stereocenters. The number of imidazole rings is 1. The Balaban J connectivity index is 1.52. The molecule has 1 aliphatic rings. The van der Waals surface area contributed by atoms with Crippen molar-refractivity contribution in [2.45, 2.75) is 13.0 Å². The van der Waals surface area contributed by atoms with Crippen LogP contribution in [0.3, 0.4) is 0 Å². The van der Waals surface area contributed by atoms with Crippen molar-refractivity contribution in [2.24, 2.45) is 0 Å². The Bertz CT molecular complexity index is 735. The number of hydrogen-bond donors (Lipinski definition) is 3. The molecule has 1 saturated heterocycles. The van der Waals surface area contributed by atoms with Gasteiger partial charge in [-0.25, -0.2) is 4.79 Å². The second-order valence-corrected chi connectivity index (χ2v) is 6.17. The van der Waals surface area contributed by atoms with Gasteiger partial charge >= 0.3 is 5.69 Å². The van der Waals surface area contributed by atoms with Gasteiger partial charge in [0.25, 0.3) is 0 Å². The molecule has 3 rings (SSSR count). The second-order valence-electron chi connectivity index (χ2n) is 6.17. The minimum atomic E-state index is -0.215. The van der Waals surface area contributed by atoms with Gasteiger partial charge in [0.2, 0.25) is 5.91 Å². The van der Waals surface area contributed by atoms with Crippen LogP contribution in [-0.4, -0.2) is 65.4 Å². The minimum Gasteiger partial charge on any atom is -0.351 e. The molecule has 1 aromatic heterocycles. The van der Waals surface area contributed by atoms with E-state index in [2.05, 4.69) is 32.1 Å². The molecule has 7 heteroatoms. The number of amides is 1. The molecule has 1 amide bonds. The van der Waals surface area contributed by atoms with Crippen LogP contribution in [0.25, 0.3) is 11.0 Å². The maximum atomic E-state index is 12.1. The molecule has 2 aromatic rings. The average molecular weight is 317 g/mol. The lowest BCUT2D eigenvalue weighted by Crippen LogP contribution is -2.38. The summed E-state index contributed by atoms with van der Waals surface area (Å²) in [5.74, 6) is 0.0391. The van der Waals surface area contributed by atoms with Crippen molar-refractivity contribution in [3.8, 4) is 0 Å². The van der Waals surface area contributed by atoms with Gasteiger partial charge in [0.05, 0.1) is 17.6 Å². The van der Waals surface area contributed by atoms with Crippen molar-refractivity contribution in [3.05, 3.63) is 34.2 Å². The predicted octanol–water partition coefficient (Wildman–Crippen LogP) is 0.110. The molecule has 0 spiro atoms. The Hall–Kier alpha value is -2.12. The van der Waals surface area contributed by atoms with E-state index in [1.54, 1.807) is 0 Å². The number of carbonyl (C=O) groups excluding carboxylic acids is 1. The van der Waals surface area contributed by atoms with Crippen molar-refractivity contribution < 1.29 is 4.79 Å². The van der Waals surface area contributed by atoms with Gasteiger partial charge in [-0.2, -0.15) is 0 Å². The molecule has 2 heterocycles. The summed E-state index contributed by atoms with van der Waals surface area (Å²) in [7, 11) is 2.12. The summed E-state index contributed by atoms with van der Waals surface area (Å²) in [6.07, 6.45) is 1.10.